The standard InChI is InChI=1S/C22H26N4O4S2/c1-28-18-12-15(6-7-17(18)30-14-16-4-2-10-29-16)13-23-20(27)8-9-26-21(24-25-22(26)31)19-5-3-11-32-19/h3,5-7,11-12,16H,2,4,8-10,13-14H2,1H3,(H,23,27)(H,25,31). The van der Waals surface area contributed by atoms with Gasteiger partial charge in [-0.05, 0) is 54.2 Å². The van der Waals surface area contributed by atoms with Gasteiger partial charge in [-0.1, -0.05) is 12.1 Å². The minimum Gasteiger partial charge on any atom is -0.493 e. The number of rotatable bonds is 10. The zero-order chi connectivity index (χ0) is 22.3. The van der Waals surface area contributed by atoms with Crippen LogP contribution in [-0.4, -0.2) is 47.1 Å². The first-order valence-corrected chi connectivity index (χ1v) is 11.8. The van der Waals surface area contributed by atoms with Gasteiger partial charge in [0.25, 0.3) is 0 Å². The Labute approximate surface area is 195 Å². The molecule has 8 nitrogen and oxygen atoms in total. The molecule has 0 radical (unpaired) electrons. The van der Waals surface area contributed by atoms with Crippen LogP contribution in [0.25, 0.3) is 10.7 Å². The topological polar surface area (TPSA) is 90.4 Å². The number of hydrogen-bond acceptors (Lipinski definition) is 7. The predicted molar refractivity (Wildman–Crippen MR) is 125 cm³/mol. The van der Waals surface area contributed by atoms with Crippen LogP contribution in [-0.2, 0) is 22.6 Å². The van der Waals surface area contributed by atoms with Crippen molar-refractivity contribution < 1.29 is 19.0 Å². The SMILES string of the molecule is COc1cc(CNC(=O)CCn2c(-c3cccs3)n[nH]c2=S)ccc1OCC1CCCO1. The largest absolute Gasteiger partial charge is 0.493 e. The Morgan fingerprint density at radius 3 is 3.06 bits per heavy atom. The number of ether oxygens (including phenoxy) is 3. The van der Waals surface area contributed by atoms with E-state index in [2.05, 4.69) is 15.5 Å². The second kappa shape index (κ2) is 10.8. The van der Waals surface area contributed by atoms with E-state index in [1.807, 2.05) is 40.3 Å². The van der Waals surface area contributed by atoms with Gasteiger partial charge < -0.3 is 19.5 Å². The minimum atomic E-state index is -0.0668. The highest BCUT2D eigenvalue weighted by Crippen LogP contribution is 2.29. The van der Waals surface area contributed by atoms with Crippen LogP contribution in [0.5, 0.6) is 11.5 Å². The van der Waals surface area contributed by atoms with Crippen molar-refractivity contribution in [3.05, 3.63) is 46.0 Å². The highest BCUT2D eigenvalue weighted by molar-refractivity contribution is 7.71. The first kappa shape index (κ1) is 22.5. The summed E-state index contributed by atoms with van der Waals surface area (Å²) in [5, 5.41) is 12.0. The fraction of sp³-hybridized carbons (Fsp3) is 0.409. The first-order chi connectivity index (χ1) is 15.6. The van der Waals surface area contributed by atoms with E-state index >= 15 is 0 Å². The Bertz CT molecular complexity index is 1090. The number of aromatic nitrogens is 3. The number of thiophene rings is 1. The van der Waals surface area contributed by atoms with E-state index in [0.717, 1.165) is 35.7 Å². The number of hydrogen-bond donors (Lipinski definition) is 2. The molecule has 3 heterocycles. The van der Waals surface area contributed by atoms with Crippen molar-refractivity contribution in [1.82, 2.24) is 20.1 Å². The number of H-pyrrole nitrogens is 1. The zero-order valence-electron chi connectivity index (χ0n) is 17.8. The van der Waals surface area contributed by atoms with Crippen LogP contribution in [0.4, 0.5) is 0 Å². The lowest BCUT2D eigenvalue weighted by atomic mass is 10.2. The molecule has 0 bridgehead atoms. The van der Waals surface area contributed by atoms with E-state index < -0.39 is 0 Å². The highest BCUT2D eigenvalue weighted by atomic mass is 32.1. The molecule has 1 saturated heterocycles. The maximum absolute atomic E-state index is 12.4. The van der Waals surface area contributed by atoms with Gasteiger partial charge in [-0.3, -0.25) is 14.5 Å². The lowest BCUT2D eigenvalue weighted by Gasteiger charge is -2.15. The molecule has 3 aromatic rings. The van der Waals surface area contributed by atoms with Crippen LogP contribution in [0.2, 0.25) is 0 Å². The third kappa shape index (κ3) is 5.56. The van der Waals surface area contributed by atoms with Crippen molar-refractivity contribution in [2.24, 2.45) is 0 Å². The van der Waals surface area contributed by atoms with Crippen LogP contribution in [0, 0.1) is 4.77 Å². The number of aromatic amines is 1. The summed E-state index contributed by atoms with van der Waals surface area (Å²) in [6.07, 6.45) is 2.53. The smallest absolute Gasteiger partial charge is 0.222 e. The Kier molecular flexibility index (Phi) is 7.56. The van der Waals surface area contributed by atoms with Crippen molar-refractivity contribution >= 4 is 29.5 Å². The van der Waals surface area contributed by atoms with E-state index in [0.29, 0.717) is 42.4 Å². The molecule has 0 aliphatic carbocycles. The lowest BCUT2D eigenvalue weighted by molar-refractivity contribution is -0.121. The molecule has 4 rings (SSSR count). The lowest BCUT2D eigenvalue weighted by Crippen LogP contribution is -2.24. The summed E-state index contributed by atoms with van der Waals surface area (Å²) in [5.74, 6) is 2.00. The number of nitrogens with zero attached hydrogens (tertiary/aromatic N) is 2. The molecule has 0 saturated carbocycles. The number of benzene rings is 1. The normalized spacial score (nSPS) is 15.6. The van der Waals surface area contributed by atoms with Gasteiger partial charge in [-0.15, -0.1) is 11.3 Å². The minimum absolute atomic E-state index is 0.0668. The molecule has 10 heteroatoms. The van der Waals surface area contributed by atoms with Crippen LogP contribution in [0.1, 0.15) is 24.8 Å². The zero-order valence-corrected chi connectivity index (χ0v) is 19.5. The third-order valence-electron chi connectivity index (χ3n) is 5.23. The van der Waals surface area contributed by atoms with Gasteiger partial charge in [0, 0.05) is 26.1 Å². The number of nitrogens with one attached hydrogen (secondary N) is 2. The Hall–Kier alpha value is -2.69. The summed E-state index contributed by atoms with van der Waals surface area (Å²) in [7, 11) is 1.61. The van der Waals surface area contributed by atoms with Gasteiger partial charge >= 0.3 is 0 Å². The second-order valence-electron chi connectivity index (χ2n) is 7.44. The molecule has 1 aromatic carbocycles. The Morgan fingerprint density at radius 2 is 2.31 bits per heavy atom. The predicted octanol–water partition coefficient (Wildman–Crippen LogP) is 3.94. The van der Waals surface area contributed by atoms with Crippen molar-refractivity contribution in [3.63, 3.8) is 0 Å². The molecular weight excluding hydrogens is 448 g/mol. The maximum atomic E-state index is 12.4. The summed E-state index contributed by atoms with van der Waals surface area (Å²) in [6.45, 7) is 2.16. The molecule has 32 heavy (non-hydrogen) atoms. The van der Waals surface area contributed by atoms with E-state index in [4.69, 9.17) is 26.4 Å². The number of carbonyl (C=O) groups is 1. The van der Waals surface area contributed by atoms with Gasteiger partial charge in [0.2, 0.25) is 5.91 Å². The molecule has 0 spiro atoms. The summed E-state index contributed by atoms with van der Waals surface area (Å²) in [5.41, 5.74) is 0.930. The van der Waals surface area contributed by atoms with E-state index in [-0.39, 0.29) is 12.0 Å². The molecule has 1 aliphatic heterocycles. The third-order valence-corrected chi connectivity index (χ3v) is 6.41. The second-order valence-corrected chi connectivity index (χ2v) is 8.77. The van der Waals surface area contributed by atoms with Crippen molar-refractivity contribution in [3.8, 4) is 22.2 Å². The summed E-state index contributed by atoms with van der Waals surface area (Å²) in [6, 6.07) is 9.61. The average molecular weight is 475 g/mol. The molecular formula is C22H26N4O4S2. The maximum Gasteiger partial charge on any atom is 0.222 e. The van der Waals surface area contributed by atoms with Crippen LogP contribution < -0.4 is 14.8 Å². The molecule has 1 unspecified atom stereocenters. The number of methoxy groups -OCH3 is 1. The van der Waals surface area contributed by atoms with E-state index in [1.54, 1.807) is 18.4 Å². The molecule has 170 valence electrons. The van der Waals surface area contributed by atoms with Gasteiger partial charge in [0.15, 0.2) is 22.1 Å². The first-order valence-electron chi connectivity index (χ1n) is 10.5. The van der Waals surface area contributed by atoms with Gasteiger partial charge in [0.1, 0.15) is 6.61 Å². The van der Waals surface area contributed by atoms with E-state index in [9.17, 15) is 4.79 Å². The monoisotopic (exact) mass is 474 g/mol. The van der Waals surface area contributed by atoms with Gasteiger partial charge in [-0.2, -0.15) is 5.10 Å². The fourth-order valence-electron chi connectivity index (χ4n) is 3.52. The van der Waals surface area contributed by atoms with Gasteiger partial charge in [-0.25, -0.2) is 0 Å². The summed E-state index contributed by atoms with van der Waals surface area (Å²) in [4.78, 5) is 13.4. The van der Waals surface area contributed by atoms with Crippen molar-refractivity contribution in [2.75, 3.05) is 20.3 Å². The quantitative estimate of drug-likeness (QED) is 0.433. The number of carbonyl (C=O) groups excluding carboxylic acids is 1. The van der Waals surface area contributed by atoms with Crippen LogP contribution >= 0.6 is 23.6 Å². The molecule has 2 aromatic heterocycles. The summed E-state index contributed by atoms with van der Waals surface area (Å²) >= 11 is 6.90. The van der Waals surface area contributed by atoms with Crippen molar-refractivity contribution in [1.29, 1.82) is 0 Å². The fourth-order valence-corrected chi connectivity index (χ4v) is 4.47. The van der Waals surface area contributed by atoms with Crippen molar-refractivity contribution in [2.45, 2.75) is 38.5 Å². The molecule has 1 atom stereocenters. The molecule has 2 N–H and O–H groups in total. The molecule has 1 amide bonds. The van der Waals surface area contributed by atoms with Crippen LogP contribution in [0.15, 0.2) is 35.7 Å². The Morgan fingerprint density at radius 1 is 1.41 bits per heavy atom. The van der Waals surface area contributed by atoms with Crippen LogP contribution in [0.3, 0.4) is 0 Å². The highest BCUT2D eigenvalue weighted by Gasteiger charge is 2.17. The number of amides is 1. The summed E-state index contributed by atoms with van der Waals surface area (Å²) < 4.78 is 19.3. The van der Waals surface area contributed by atoms with Gasteiger partial charge in [0.05, 0.1) is 18.1 Å². The molecule has 1 aliphatic rings. The molecule has 1 fully saturated rings. The Balaban J connectivity index is 1.29. The average Bonchev–Trinajstić information content (AvgIpc) is 3.57. The van der Waals surface area contributed by atoms with E-state index in [1.165, 1.54) is 0 Å².